The molecular formula is C21H20Cl2Zr. The molecular weight excluding hydrogens is 414 g/mol. The van der Waals surface area contributed by atoms with Crippen molar-refractivity contribution in [1.82, 2.24) is 0 Å². The van der Waals surface area contributed by atoms with Crippen LogP contribution in [0.4, 0.5) is 0 Å². The monoisotopic (exact) mass is 432 g/mol. The average molecular weight is 435 g/mol. The van der Waals surface area contributed by atoms with Gasteiger partial charge in [0.2, 0.25) is 0 Å². The summed E-state index contributed by atoms with van der Waals surface area (Å²) in [6, 6.07) is 11.5. The van der Waals surface area contributed by atoms with Crippen LogP contribution in [0.3, 0.4) is 0 Å². The summed E-state index contributed by atoms with van der Waals surface area (Å²) in [6.07, 6.45) is 11.2. The molecule has 4 rings (SSSR count). The molecule has 3 heteroatoms. The third-order valence-electron chi connectivity index (χ3n) is 4.85. The van der Waals surface area contributed by atoms with E-state index in [2.05, 4.69) is 68.5 Å². The first kappa shape index (κ1) is 21.4. The second-order valence-electron chi connectivity index (χ2n) is 6.36. The molecule has 0 nitrogen and oxygen atoms in total. The maximum absolute atomic E-state index is 2.35. The van der Waals surface area contributed by atoms with E-state index in [1.807, 2.05) is 0 Å². The van der Waals surface area contributed by atoms with Gasteiger partial charge in [0.25, 0.3) is 0 Å². The standard InChI is InChI=1S/C21H20.2ClH.Zr/c1-14-7-9-18-17(11-14)13-21-19(18)10-8-15(2)20(21)12-16-5-3-4-6-16;;;/h3-11,16H,12-13H2,1-2H3;2*1H;/q;;;+2/p-2. The Morgan fingerprint density at radius 2 is 1.58 bits per heavy atom. The van der Waals surface area contributed by atoms with Gasteiger partial charge in [0.15, 0.2) is 0 Å². The summed E-state index contributed by atoms with van der Waals surface area (Å²) in [6.45, 7) is 4.44. The van der Waals surface area contributed by atoms with Gasteiger partial charge in [-0.05, 0) is 66.0 Å². The van der Waals surface area contributed by atoms with E-state index in [0.29, 0.717) is 5.92 Å². The van der Waals surface area contributed by atoms with Crippen molar-refractivity contribution >= 4 is 0 Å². The molecule has 0 radical (unpaired) electrons. The Balaban J connectivity index is 0.000000960. The number of halogens is 2. The number of allylic oxidation sites excluding steroid dienone is 4. The molecule has 0 saturated heterocycles. The van der Waals surface area contributed by atoms with E-state index in [4.69, 9.17) is 0 Å². The minimum absolute atomic E-state index is 0. The summed E-state index contributed by atoms with van der Waals surface area (Å²) in [5.41, 5.74) is 10.3. The van der Waals surface area contributed by atoms with E-state index in [1.54, 1.807) is 11.1 Å². The summed E-state index contributed by atoms with van der Waals surface area (Å²) in [4.78, 5) is 0. The molecule has 2 aliphatic rings. The van der Waals surface area contributed by atoms with Gasteiger partial charge in [-0.2, -0.15) is 0 Å². The Kier molecular flexibility index (Phi) is 7.73. The van der Waals surface area contributed by atoms with Crippen molar-refractivity contribution in [2.24, 2.45) is 5.92 Å². The molecule has 0 fully saturated rings. The average Bonchev–Trinajstić information content (AvgIpc) is 3.08. The fraction of sp³-hybridized carbons (Fsp3) is 0.238. The molecule has 0 spiro atoms. The summed E-state index contributed by atoms with van der Waals surface area (Å²) in [5, 5.41) is 0. The fourth-order valence-corrected chi connectivity index (χ4v) is 3.72. The minimum atomic E-state index is 0. The van der Waals surface area contributed by atoms with Crippen molar-refractivity contribution in [3.05, 3.63) is 82.5 Å². The van der Waals surface area contributed by atoms with Crippen molar-refractivity contribution in [1.29, 1.82) is 0 Å². The first-order valence-corrected chi connectivity index (χ1v) is 7.78. The molecule has 0 bridgehead atoms. The fourth-order valence-electron chi connectivity index (χ4n) is 3.72. The van der Waals surface area contributed by atoms with Crippen LogP contribution in [0.25, 0.3) is 11.1 Å². The summed E-state index contributed by atoms with van der Waals surface area (Å²) >= 11 is 0. The molecule has 2 aromatic carbocycles. The van der Waals surface area contributed by atoms with E-state index < -0.39 is 0 Å². The summed E-state index contributed by atoms with van der Waals surface area (Å²) < 4.78 is 0. The van der Waals surface area contributed by atoms with E-state index in [-0.39, 0.29) is 51.0 Å². The van der Waals surface area contributed by atoms with Crippen LogP contribution < -0.4 is 24.8 Å². The molecule has 24 heavy (non-hydrogen) atoms. The molecule has 0 heterocycles. The van der Waals surface area contributed by atoms with Crippen LogP contribution in [0.15, 0.2) is 54.6 Å². The normalized spacial score (nSPS) is 13.6. The van der Waals surface area contributed by atoms with Gasteiger partial charge in [-0.3, -0.25) is 0 Å². The number of rotatable bonds is 2. The molecule has 0 saturated carbocycles. The van der Waals surface area contributed by atoms with Crippen LogP contribution in [0.2, 0.25) is 0 Å². The third-order valence-corrected chi connectivity index (χ3v) is 4.85. The quantitative estimate of drug-likeness (QED) is 0.494. The zero-order valence-corrected chi connectivity index (χ0v) is 17.9. The predicted molar refractivity (Wildman–Crippen MR) is 89.6 cm³/mol. The number of fused-ring (bicyclic) bond motifs is 3. The van der Waals surface area contributed by atoms with Crippen LogP contribution >= 0.6 is 0 Å². The number of aryl methyl sites for hydroxylation is 2. The number of hydrogen-bond acceptors (Lipinski definition) is 0. The van der Waals surface area contributed by atoms with Crippen LogP contribution in [0, 0.1) is 19.8 Å². The molecule has 0 aromatic heterocycles. The smallest absolute Gasteiger partial charge is 1.00 e. The van der Waals surface area contributed by atoms with Gasteiger partial charge in [-0.15, -0.1) is 0 Å². The van der Waals surface area contributed by atoms with Crippen molar-refractivity contribution < 1.29 is 51.0 Å². The van der Waals surface area contributed by atoms with E-state index in [0.717, 1.165) is 12.8 Å². The second kappa shape index (κ2) is 8.66. The van der Waals surface area contributed by atoms with Gasteiger partial charge in [-0.1, -0.05) is 60.2 Å². The van der Waals surface area contributed by atoms with E-state index in [1.165, 1.54) is 27.8 Å². The molecule has 2 aromatic rings. The Labute approximate surface area is 176 Å². The van der Waals surface area contributed by atoms with Crippen molar-refractivity contribution in [3.8, 4) is 11.1 Å². The molecule has 0 aliphatic heterocycles. The first-order chi connectivity index (χ1) is 10.2. The third kappa shape index (κ3) is 3.80. The van der Waals surface area contributed by atoms with Gasteiger partial charge < -0.3 is 24.8 Å². The van der Waals surface area contributed by atoms with Gasteiger partial charge in [0, 0.05) is 0 Å². The van der Waals surface area contributed by atoms with Crippen molar-refractivity contribution in [3.63, 3.8) is 0 Å². The van der Waals surface area contributed by atoms with Crippen LogP contribution in [-0.4, -0.2) is 0 Å². The topological polar surface area (TPSA) is 0 Å². The van der Waals surface area contributed by atoms with Crippen LogP contribution in [-0.2, 0) is 39.0 Å². The Hall–Kier alpha value is -0.617. The molecule has 0 atom stereocenters. The summed E-state index contributed by atoms with van der Waals surface area (Å²) in [7, 11) is 0. The Morgan fingerprint density at radius 3 is 2.29 bits per heavy atom. The molecule has 0 N–H and O–H groups in total. The van der Waals surface area contributed by atoms with Gasteiger partial charge in [0.05, 0.1) is 0 Å². The van der Waals surface area contributed by atoms with E-state index >= 15 is 0 Å². The minimum Gasteiger partial charge on any atom is -1.00 e. The summed E-state index contributed by atoms with van der Waals surface area (Å²) in [5.74, 6) is 0.570. The zero-order valence-electron chi connectivity index (χ0n) is 13.9. The SMILES string of the molecule is Cc1ccc2c(c1)Cc1c-2ccc(C)c1CC1C=CC=C1.[Cl-].[Cl-].[Zr+2]. The Bertz CT molecular complexity index is 779. The van der Waals surface area contributed by atoms with Crippen LogP contribution in [0.1, 0.15) is 27.8 Å². The molecule has 2 aliphatic carbocycles. The van der Waals surface area contributed by atoms with Crippen molar-refractivity contribution in [2.45, 2.75) is 26.7 Å². The molecule has 122 valence electrons. The zero-order chi connectivity index (χ0) is 14.4. The van der Waals surface area contributed by atoms with E-state index in [9.17, 15) is 0 Å². The largest absolute Gasteiger partial charge is 2.00 e. The number of benzene rings is 2. The molecule has 0 amide bonds. The van der Waals surface area contributed by atoms with Gasteiger partial charge in [0.1, 0.15) is 0 Å². The van der Waals surface area contributed by atoms with Gasteiger partial charge >= 0.3 is 26.2 Å². The van der Waals surface area contributed by atoms with Gasteiger partial charge in [-0.25, -0.2) is 0 Å². The second-order valence-corrected chi connectivity index (χ2v) is 6.36. The maximum atomic E-state index is 2.35. The predicted octanol–water partition coefficient (Wildman–Crippen LogP) is -0.835. The first-order valence-electron chi connectivity index (χ1n) is 7.78. The Morgan fingerprint density at radius 1 is 0.917 bits per heavy atom. The molecule has 0 unspecified atom stereocenters. The van der Waals surface area contributed by atoms with Crippen LogP contribution in [0.5, 0.6) is 0 Å². The van der Waals surface area contributed by atoms with Crippen molar-refractivity contribution in [2.75, 3.05) is 0 Å². The number of hydrogen-bond donors (Lipinski definition) is 0. The maximum Gasteiger partial charge on any atom is 2.00 e.